The largest absolute Gasteiger partial charge is 0.303 e. The minimum Gasteiger partial charge on any atom is -0.303 e. The van der Waals surface area contributed by atoms with Gasteiger partial charge in [-0.3, -0.25) is 0 Å². The molecule has 0 aliphatic carbocycles. The van der Waals surface area contributed by atoms with Gasteiger partial charge < -0.3 is 9.80 Å². The summed E-state index contributed by atoms with van der Waals surface area (Å²) < 4.78 is 0. The van der Waals surface area contributed by atoms with Gasteiger partial charge in [-0.1, -0.05) is 13.8 Å². The third-order valence-electron chi connectivity index (χ3n) is 4.24. The van der Waals surface area contributed by atoms with Crippen LogP contribution in [0.1, 0.15) is 46.0 Å². The van der Waals surface area contributed by atoms with Gasteiger partial charge in [-0.15, -0.1) is 0 Å². The topological polar surface area (TPSA) is 6.48 Å². The first-order valence-corrected chi connectivity index (χ1v) is 7.22. The van der Waals surface area contributed by atoms with Crippen molar-refractivity contribution >= 4 is 0 Å². The van der Waals surface area contributed by atoms with Crippen molar-refractivity contribution in [3.8, 4) is 0 Å². The van der Waals surface area contributed by atoms with Crippen molar-refractivity contribution in [3.63, 3.8) is 0 Å². The summed E-state index contributed by atoms with van der Waals surface area (Å²) in [4.78, 5) is 5.41. The molecule has 2 saturated heterocycles. The Kier molecular flexibility index (Phi) is 4.66. The molecular formula is C14H28N2. The number of hydrogen-bond donors (Lipinski definition) is 0. The predicted octanol–water partition coefficient (Wildman–Crippen LogP) is 2.59. The van der Waals surface area contributed by atoms with Crippen molar-refractivity contribution in [2.75, 3.05) is 32.7 Å². The number of nitrogens with zero attached hydrogens (tertiary/aromatic N) is 2. The molecule has 2 fully saturated rings. The van der Waals surface area contributed by atoms with E-state index >= 15 is 0 Å². The second-order valence-corrected chi connectivity index (χ2v) is 6.00. The summed E-state index contributed by atoms with van der Waals surface area (Å²) in [5.74, 6) is 0.858. The Morgan fingerprint density at radius 1 is 1.00 bits per heavy atom. The van der Waals surface area contributed by atoms with Crippen molar-refractivity contribution in [1.82, 2.24) is 9.80 Å². The molecule has 0 spiro atoms. The highest BCUT2D eigenvalue weighted by Crippen LogP contribution is 2.21. The van der Waals surface area contributed by atoms with Gasteiger partial charge in [0.25, 0.3) is 0 Å². The van der Waals surface area contributed by atoms with E-state index in [1.54, 1.807) is 0 Å². The van der Waals surface area contributed by atoms with Crippen LogP contribution in [0.25, 0.3) is 0 Å². The zero-order valence-corrected chi connectivity index (χ0v) is 11.1. The molecule has 16 heavy (non-hydrogen) atoms. The molecule has 2 rings (SSSR count). The molecule has 0 bridgehead atoms. The molecule has 0 aromatic heterocycles. The fourth-order valence-electron chi connectivity index (χ4n) is 3.06. The molecule has 0 saturated carbocycles. The molecule has 94 valence electrons. The fraction of sp³-hybridized carbons (Fsp3) is 1.00. The number of piperidine rings is 1. The van der Waals surface area contributed by atoms with Crippen molar-refractivity contribution in [2.24, 2.45) is 5.92 Å². The first-order valence-electron chi connectivity index (χ1n) is 7.22. The first-order chi connectivity index (χ1) is 7.75. The summed E-state index contributed by atoms with van der Waals surface area (Å²) in [6.07, 6.45) is 7.08. The zero-order chi connectivity index (χ0) is 11.4. The van der Waals surface area contributed by atoms with E-state index in [-0.39, 0.29) is 0 Å². The lowest BCUT2D eigenvalue weighted by molar-refractivity contribution is 0.123. The van der Waals surface area contributed by atoms with Crippen LogP contribution in [-0.4, -0.2) is 48.6 Å². The maximum absolute atomic E-state index is 2.74. The summed E-state index contributed by atoms with van der Waals surface area (Å²) in [7, 11) is 0. The molecule has 2 nitrogen and oxygen atoms in total. The van der Waals surface area contributed by atoms with Gasteiger partial charge in [0, 0.05) is 6.04 Å². The van der Waals surface area contributed by atoms with E-state index in [0.29, 0.717) is 0 Å². The van der Waals surface area contributed by atoms with E-state index in [1.807, 2.05) is 0 Å². The summed E-state index contributed by atoms with van der Waals surface area (Å²) in [5.41, 5.74) is 0. The van der Waals surface area contributed by atoms with E-state index < -0.39 is 0 Å². The molecule has 2 heteroatoms. The van der Waals surface area contributed by atoms with E-state index in [2.05, 4.69) is 23.6 Å². The van der Waals surface area contributed by atoms with Crippen molar-refractivity contribution in [3.05, 3.63) is 0 Å². The summed E-state index contributed by atoms with van der Waals surface area (Å²) in [5, 5.41) is 0. The normalized spacial score (nSPS) is 25.7. The maximum atomic E-state index is 2.74. The standard InChI is InChI=1S/C14H28N2/c1-13(2)5-10-15-11-6-14(7-12-15)16-8-3-4-9-16/h13-14H,3-12H2,1-2H3. The molecule has 0 aromatic rings. The SMILES string of the molecule is CC(C)CCN1CCC(N2CCCC2)CC1. The quantitative estimate of drug-likeness (QED) is 0.724. The monoisotopic (exact) mass is 224 g/mol. The van der Waals surface area contributed by atoms with Gasteiger partial charge in [-0.05, 0) is 70.7 Å². The Bertz CT molecular complexity index is 189. The van der Waals surface area contributed by atoms with E-state index in [9.17, 15) is 0 Å². The van der Waals surface area contributed by atoms with Crippen LogP contribution in [0, 0.1) is 5.92 Å². The molecule has 2 aliphatic heterocycles. The van der Waals surface area contributed by atoms with Crippen molar-refractivity contribution < 1.29 is 0 Å². The van der Waals surface area contributed by atoms with Crippen molar-refractivity contribution in [2.45, 2.75) is 52.0 Å². The van der Waals surface area contributed by atoms with Crippen LogP contribution < -0.4 is 0 Å². The minimum absolute atomic E-state index is 0.858. The highest BCUT2D eigenvalue weighted by molar-refractivity contribution is 4.82. The molecule has 0 atom stereocenters. The number of hydrogen-bond acceptors (Lipinski definition) is 2. The van der Waals surface area contributed by atoms with Crippen LogP contribution in [-0.2, 0) is 0 Å². The predicted molar refractivity (Wildman–Crippen MR) is 69.7 cm³/mol. The Hall–Kier alpha value is -0.0800. The van der Waals surface area contributed by atoms with Crippen LogP contribution in [0.15, 0.2) is 0 Å². The Balaban J connectivity index is 1.65. The smallest absolute Gasteiger partial charge is 0.0120 e. The molecule has 0 aromatic carbocycles. The van der Waals surface area contributed by atoms with Gasteiger partial charge in [0.1, 0.15) is 0 Å². The average Bonchev–Trinajstić information content (AvgIpc) is 2.80. The molecule has 0 radical (unpaired) electrons. The van der Waals surface area contributed by atoms with Crippen LogP contribution in [0.4, 0.5) is 0 Å². The zero-order valence-electron chi connectivity index (χ0n) is 11.1. The number of likely N-dealkylation sites (tertiary alicyclic amines) is 2. The Morgan fingerprint density at radius 3 is 2.19 bits per heavy atom. The highest BCUT2D eigenvalue weighted by Gasteiger charge is 2.25. The third-order valence-corrected chi connectivity index (χ3v) is 4.24. The van der Waals surface area contributed by atoms with Gasteiger partial charge >= 0.3 is 0 Å². The lowest BCUT2D eigenvalue weighted by Crippen LogP contribution is -2.44. The summed E-state index contributed by atoms with van der Waals surface area (Å²) in [6, 6.07) is 0.915. The van der Waals surface area contributed by atoms with Crippen LogP contribution >= 0.6 is 0 Å². The minimum atomic E-state index is 0.858. The lowest BCUT2D eigenvalue weighted by Gasteiger charge is -2.36. The van der Waals surface area contributed by atoms with Crippen LogP contribution in [0.2, 0.25) is 0 Å². The fourth-order valence-corrected chi connectivity index (χ4v) is 3.06. The van der Waals surface area contributed by atoms with E-state index in [0.717, 1.165) is 12.0 Å². The van der Waals surface area contributed by atoms with Crippen molar-refractivity contribution in [1.29, 1.82) is 0 Å². The summed E-state index contributed by atoms with van der Waals surface area (Å²) in [6.45, 7) is 11.4. The maximum Gasteiger partial charge on any atom is 0.0120 e. The molecule has 2 aliphatic rings. The van der Waals surface area contributed by atoms with Crippen LogP contribution in [0.5, 0.6) is 0 Å². The second kappa shape index (κ2) is 6.02. The molecule has 0 amide bonds. The van der Waals surface area contributed by atoms with Gasteiger partial charge in [0.05, 0.1) is 0 Å². The van der Waals surface area contributed by atoms with Gasteiger partial charge in [-0.2, -0.15) is 0 Å². The van der Waals surface area contributed by atoms with Gasteiger partial charge in [-0.25, -0.2) is 0 Å². The highest BCUT2D eigenvalue weighted by atomic mass is 15.2. The average molecular weight is 224 g/mol. The Labute approximate surface area is 101 Å². The Morgan fingerprint density at radius 2 is 1.62 bits per heavy atom. The van der Waals surface area contributed by atoms with Crippen LogP contribution in [0.3, 0.4) is 0 Å². The second-order valence-electron chi connectivity index (χ2n) is 6.00. The third kappa shape index (κ3) is 3.46. The summed E-state index contributed by atoms with van der Waals surface area (Å²) >= 11 is 0. The molecular weight excluding hydrogens is 196 g/mol. The number of rotatable bonds is 4. The van der Waals surface area contributed by atoms with Gasteiger partial charge in [0.15, 0.2) is 0 Å². The first kappa shape index (κ1) is 12.4. The van der Waals surface area contributed by atoms with E-state index in [1.165, 1.54) is 64.8 Å². The van der Waals surface area contributed by atoms with Gasteiger partial charge in [0.2, 0.25) is 0 Å². The molecule has 0 unspecified atom stereocenters. The molecule has 2 heterocycles. The molecule has 0 N–H and O–H groups in total. The lowest BCUT2D eigenvalue weighted by atomic mass is 10.0. The van der Waals surface area contributed by atoms with E-state index in [4.69, 9.17) is 0 Å².